The smallest absolute Gasteiger partial charge is 0.188 e. The van der Waals surface area contributed by atoms with Gasteiger partial charge in [-0.2, -0.15) is 0 Å². The van der Waals surface area contributed by atoms with Crippen molar-refractivity contribution in [2.45, 2.75) is 13.0 Å². The van der Waals surface area contributed by atoms with E-state index in [9.17, 15) is 0 Å². The van der Waals surface area contributed by atoms with Crippen LogP contribution in [0.4, 0.5) is 0 Å². The Morgan fingerprint density at radius 1 is 1.22 bits per heavy atom. The van der Waals surface area contributed by atoms with Gasteiger partial charge in [0.25, 0.3) is 0 Å². The molecule has 0 amide bonds. The van der Waals surface area contributed by atoms with E-state index < -0.39 is 0 Å². The predicted octanol–water partition coefficient (Wildman–Crippen LogP) is 1.13. The highest BCUT2D eigenvalue weighted by atomic mass is 127. The first-order valence-corrected chi connectivity index (χ1v) is 7.14. The Bertz CT molecular complexity index is 472. The van der Waals surface area contributed by atoms with Crippen molar-refractivity contribution < 1.29 is 19.3 Å². The number of guanidine groups is 1. The minimum Gasteiger partial charge on any atom is -0.493 e. The minimum absolute atomic E-state index is 0. The fraction of sp³-hybridized carbons (Fsp3) is 0.533. The quantitative estimate of drug-likeness (QED) is 0.219. The molecule has 0 heterocycles. The average Bonchev–Trinajstić information content (AvgIpc) is 2.55. The van der Waals surface area contributed by atoms with E-state index in [1.54, 1.807) is 14.2 Å². The van der Waals surface area contributed by atoms with E-state index in [-0.39, 0.29) is 30.6 Å². The number of aliphatic hydroxyl groups excluding tert-OH is 1. The van der Waals surface area contributed by atoms with Crippen molar-refractivity contribution >= 4 is 29.9 Å². The van der Waals surface area contributed by atoms with Gasteiger partial charge in [0.15, 0.2) is 17.5 Å². The second-order valence-corrected chi connectivity index (χ2v) is 4.51. The standard InChI is InChI=1S/C15H25N3O4.HI/c1-20-13-5-4-12(10-14(13)21-2)11-18-15(16)17-6-3-8-22-9-7-19;/h4-5,10,19H,3,6-9,11H2,1-2H3,(H3,16,17,18);1H. The van der Waals surface area contributed by atoms with Crippen LogP contribution in [0.3, 0.4) is 0 Å². The van der Waals surface area contributed by atoms with Gasteiger partial charge in [0.05, 0.1) is 34.0 Å². The van der Waals surface area contributed by atoms with Gasteiger partial charge in [0, 0.05) is 13.2 Å². The first-order valence-electron chi connectivity index (χ1n) is 7.14. The highest BCUT2D eigenvalue weighted by Gasteiger charge is 2.04. The molecule has 0 radical (unpaired) electrons. The van der Waals surface area contributed by atoms with Crippen LogP contribution in [0.1, 0.15) is 12.0 Å². The van der Waals surface area contributed by atoms with Crippen LogP contribution in [-0.2, 0) is 11.3 Å². The zero-order chi connectivity index (χ0) is 16.2. The van der Waals surface area contributed by atoms with Gasteiger partial charge >= 0.3 is 0 Å². The number of halogens is 1. The van der Waals surface area contributed by atoms with Crippen molar-refractivity contribution in [3.63, 3.8) is 0 Å². The Balaban J connectivity index is 0.00000484. The summed E-state index contributed by atoms with van der Waals surface area (Å²) in [5.74, 6) is 1.74. The molecule has 0 atom stereocenters. The molecule has 0 fully saturated rings. The molecule has 0 bridgehead atoms. The van der Waals surface area contributed by atoms with Gasteiger partial charge in [-0.1, -0.05) is 6.07 Å². The van der Waals surface area contributed by atoms with Crippen molar-refractivity contribution in [1.82, 2.24) is 5.32 Å². The maximum Gasteiger partial charge on any atom is 0.188 e. The van der Waals surface area contributed by atoms with Gasteiger partial charge in [0.1, 0.15) is 0 Å². The van der Waals surface area contributed by atoms with E-state index in [4.69, 9.17) is 25.1 Å². The largest absolute Gasteiger partial charge is 0.493 e. The van der Waals surface area contributed by atoms with Crippen LogP contribution in [-0.4, -0.2) is 51.7 Å². The van der Waals surface area contributed by atoms with Gasteiger partial charge < -0.3 is 30.4 Å². The average molecular weight is 439 g/mol. The second kappa shape index (κ2) is 13.2. The van der Waals surface area contributed by atoms with Gasteiger partial charge in [-0.25, -0.2) is 4.99 Å². The number of nitrogens with one attached hydrogen (secondary N) is 1. The third-order valence-electron chi connectivity index (χ3n) is 2.89. The van der Waals surface area contributed by atoms with Crippen LogP contribution in [0.25, 0.3) is 0 Å². The summed E-state index contributed by atoms with van der Waals surface area (Å²) in [5.41, 5.74) is 6.77. The van der Waals surface area contributed by atoms with Crippen LogP contribution in [0, 0.1) is 0 Å². The Hall–Kier alpha value is -1.26. The number of ether oxygens (including phenoxy) is 3. The maximum absolute atomic E-state index is 8.56. The highest BCUT2D eigenvalue weighted by molar-refractivity contribution is 14.0. The Kier molecular flexibility index (Phi) is 12.5. The molecular weight excluding hydrogens is 413 g/mol. The number of aliphatic imine (C=N–C) groups is 1. The van der Waals surface area contributed by atoms with Crippen LogP contribution < -0.4 is 20.5 Å². The van der Waals surface area contributed by atoms with Crippen LogP contribution in [0.2, 0.25) is 0 Å². The van der Waals surface area contributed by atoms with E-state index in [2.05, 4.69) is 10.3 Å². The number of nitrogens with two attached hydrogens (primary N) is 1. The van der Waals surface area contributed by atoms with E-state index >= 15 is 0 Å². The molecule has 4 N–H and O–H groups in total. The normalized spacial score (nSPS) is 10.8. The molecule has 0 saturated carbocycles. The van der Waals surface area contributed by atoms with Crippen molar-refractivity contribution in [2.24, 2.45) is 10.7 Å². The number of rotatable bonds is 10. The predicted molar refractivity (Wildman–Crippen MR) is 101 cm³/mol. The summed E-state index contributed by atoms with van der Waals surface area (Å²) in [6.45, 7) is 2.12. The van der Waals surface area contributed by atoms with E-state index in [0.717, 1.165) is 12.0 Å². The zero-order valence-corrected chi connectivity index (χ0v) is 15.9. The van der Waals surface area contributed by atoms with Crippen molar-refractivity contribution in [2.75, 3.05) is 40.6 Å². The molecule has 7 nitrogen and oxygen atoms in total. The molecule has 0 aliphatic rings. The lowest BCUT2D eigenvalue weighted by molar-refractivity contribution is 0.0912. The first-order chi connectivity index (χ1) is 10.7. The topological polar surface area (TPSA) is 98.3 Å². The third-order valence-corrected chi connectivity index (χ3v) is 2.89. The molecule has 0 spiro atoms. The van der Waals surface area contributed by atoms with E-state index in [0.29, 0.717) is 43.8 Å². The lowest BCUT2D eigenvalue weighted by atomic mass is 10.2. The van der Waals surface area contributed by atoms with Crippen LogP contribution >= 0.6 is 24.0 Å². The lowest BCUT2D eigenvalue weighted by Crippen LogP contribution is -2.32. The Morgan fingerprint density at radius 3 is 2.61 bits per heavy atom. The summed E-state index contributed by atoms with van der Waals surface area (Å²) in [7, 11) is 3.20. The second-order valence-electron chi connectivity index (χ2n) is 4.51. The fourth-order valence-electron chi connectivity index (χ4n) is 1.77. The summed E-state index contributed by atoms with van der Waals surface area (Å²) in [6, 6.07) is 5.63. The van der Waals surface area contributed by atoms with Gasteiger partial charge in [-0.3, -0.25) is 0 Å². The van der Waals surface area contributed by atoms with E-state index in [1.165, 1.54) is 0 Å². The molecular formula is C15H26IN3O4. The minimum atomic E-state index is 0. The molecule has 0 unspecified atom stereocenters. The van der Waals surface area contributed by atoms with Gasteiger partial charge in [-0.15, -0.1) is 24.0 Å². The van der Waals surface area contributed by atoms with E-state index in [1.807, 2.05) is 18.2 Å². The molecule has 23 heavy (non-hydrogen) atoms. The molecule has 0 aliphatic heterocycles. The Labute approximate surface area is 154 Å². The molecule has 1 rings (SSSR count). The summed E-state index contributed by atoms with van der Waals surface area (Å²) in [5, 5.41) is 11.6. The molecule has 0 aromatic heterocycles. The van der Waals surface area contributed by atoms with Crippen molar-refractivity contribution in [1.29, 1.82) is 0 Å². The fourth-order valence-corrected chi connectivity index (χ4v) is 1.77. The number of nitrogens with zero attached hydrogens (tertiary/aromatic N) is 1. The van der Waals surface area contributed by atoms with Crippen LogP contribution in [0.5, 0.6) is 11.5 Å². The molecule has 132 valence electrons. The number of hydrogen-bond donors (Lipinski definition) is 3. The summed E-state index contributed by atoms with van der Waals surface area (Å²) >= 11 is 0. The van der Waals surface area contributed by atoms with Crippen LogP contribution in [0.15, 0.2) is 23.2 Å². The van der Waals surface area contributed by atoms with Crippen molar-refractivity contribution in [3.8, 4) is 11.5 Å². The first kappa shape index (κ1) is 21.7. The molecule has 8 heteroatoms. The molecule has 0 saturated heterocycles. The maximum atomic E-state index is 8.56. The monoisotopic (exact) mass is 439 g/mol. The van der Waals surface area contributed by atoms with Gasteiger partial charge in [0.2, 0.25) is 0 Å². The summed E-state index contributed by atoms with van der Waals surface area (Å²) < 4.78 is 15.6. The number of hydrogen-bond acceptors (Lipinski definition) is 5. The van der Waals surface area contributed by atoms with Crippen molar-refractivity contribution in [3.05, 3.63) is 23.8 Å². The molecule has 1 aromatic carbocycles. The Morgan fingerprint density at radius 2 is 1.96 bits per heavy atom. The SMILES string of the molecule is COc1ccc(CN=C(N)NCCCOCCO)cc1OC.I. The molecule has 1 aromatic rings. The lowest BCUT2D eigenvalue weighted by Gasteiger charge is -2.09. The summed E-state index contributed by atoms with van der Waals surface area (Å²) in [4.78, 5) is 4.27. The number of aliphatic hydroxyl groups is 1. The number of benzene rings is 1. The highest BCUT2D eigenvalue weighted by Crippen LogP contribution is 2.27. The number of methoxy groups -OCH3 is 2. The molecule has 0 aliphatic carbocycles. The zero-order valence-electron chi connectivity index (χ0n) is 13.6. The summed E-state index contributed by atoms with van der Waals surface area (Å²) in [6.07, 6.45) is 0.798. The third kappa shape index (κ3) is 8.82. The van der Waals surface area contributed by atoms with Gasteiger partial charge in [-0.05, 0) is 24.1 Å².